The highest BCUT2D eigenvalue weighted by Crippen LogP contribution is 2.39. The Morgan fingerprint density at radius 2 is 1.89 bits per heavy atom. The molecule has 2 aliphatic heterocycles. The number of piperazine rings is 1. The van der Waals surface area contributed by atoms with E-state index in [0.29, 0.717) is 43.9 Å². The van der Waals surface area contributed by atoms with Gasteiger partial charge in [-0.3, -0.25) is 9.78 Å². The second kappa shape index (κ2) is 11.4. The largest absolute Gasteiger partial charge is 0.490 e. The van der Waals surface area contributed by atoms with Crippen molar-refractivity contribution in [2.24, 2.45) is 0 Å². The Morgan fingerprint density at radius 3 is 2.61 bits per heavy atom. The minimum atomic E-state index is -0.944. The molecule has 44 heavy (non-hydrogen) atoms. The number of carbonyl (C=O) groups is 1. The molecule has 0 unspecified atom stereocenters. The minimum Gasteiger partial charge on any atom is -0.490 e. The number of hydrogen-bond acceptors (Lipinski definition) is 7. The third-order valence-corrected chi connectivity index (χ3v) is 8.13. The fraction of sp³-hybridized carbons (Fsp3) is 0.344. The number of pyridine rings is 2. The third kappa shape index (κ3) is 4.87. The second-order valence-electron chi connectivity index (χ2n) is 11.3. The zero-order valence-electron chi connectivity index (χ0n) is 24.6. The van der Waals surface area contributed by atoms with Crippen LogP contribution in [0, 0.1) is 17.5 Å². The number of benzene rings is 1. The van der Waals surface area contributed by atoms with Crippen molar-refractivity contribution in [3.05, 3.63) is 82.3 Å². The van der Waals surface area contributed by atoms with E-state index >= 15 is 13.2 Å². The maximum absolute atomic E-state index is 16.1. The molecule has 0 saturated carbocycles. The van der Waals surface area contributed by atoms with Gasteiger partial charge in [-0.1, -0.05) is 20.4 Å². The van der Waals surface area contributed by atoms with E-state index in [0.717, 1.165) is 23.8 Å². The SMILES string of the molecule is C=CC(=O)N1CCN(c2nc(=O)n3c4nc(c(F)cc24)-c2c(F)ccc(F)c2OCCCc2ccnc(C(C)C)c2-3)[C@@H](C)C1. The number of ether oxygens (including phenoxy) is 1. The summed E-state index contributed by atoms with van der Waals surface area (Å²) in [4.78, 5) is 43.5. The smallest absolute Gasteiger partial charge is 0.355 e. The predicted octanol–water partition coefficient (Wildman–Crippen LogP) is 4.93. The molecule has 4 aromatic rings. The molecule has 0 radical (unpaired) electrons. The van der Waals surface area contributed by atoms with E-state index in [2.05, 4.69) is 21.5 Å². The number of aryl methyl sites for hydroxylation is 1. The Balaban J connectivity index is 1.70. The van der Waals surface area contributed by atoms with E-state index in [-0.39, 0.29) is 41.3 Å². The van der Waals surface area contributed by atoms with Gasteiger partial charge in [-0.15, -0.1) is 0 Å². The number of anilines is 1. The van der Waals surface area contributed by atoms with Gasteiger partial charge in [0.1, 0.15) is 17.3 Å². The molecule has 9 nitrogen and oxygen atoms in total. The van der Waals surface area contributed by atoms with Crippen LogP contribution in [0.4, 0.5) is 19.0 Å². The van der Waals surface area contributed by atoms with Crippen molar-refractivity contribution in [3.63, 3.8) is 0 Å². The third-order valence-electron chi connectivity index (χ3n) is 8.13. The summed E-state index contributed by atoms with van der Waals surface area (Å²) in [6.07, 6.45) is 3.71. The van der Waals surface area contributed by atoms with Gasteiger partial charge in [-0.2, -0.15) is 4.98 Å². The van der Waals surface area contributed by atoms with Gasteiger partial charge < -0.3 is 14.5 Å². The minimum absolute atomic E-state index is 0.00712. The van der Waals surface area contributed by atoms with Crippen molar-refractivity contribution in [2.75, 3.05) is 31.1 Å². The molecule has 1 amide bonds. The Hall–Kier alpha value is -4.74. The van der Waals surface area contributed by atoms with Crippen LogP contribution in [0.25, 0.3) is 28.0 Å². The normalized spacial score (nSPS) is 16.7. The number of hydrogen-bond donors (Lipinski definition) is 0. The highest BCUT2D eigenvalue weighted by Gasteiger charge is 2.32. The molecule has 1 fully saturated rings. The molecule has 3 aromatic heterocycles. The Kier molecular flexibility index (Phi) is 7.60. The lowest BCUT2D eigenvalue weighted by atomic mass is 10.0. The van der Waals surface area contributed by atoms with Crippen LogP contribution in [0.5, 0.6) is 5.75 Å². The zero-order chi connectivity index (χ0) is 31.3. The fourth-order valence-electron chi connectivity index (χ4n) is 6.03. The lowest BCUT2D eigenvalue weighted by molar-refractivity contribution is -0.126. The molecular weight excluding hydrogens is 573 g/mol. The molecule has 12 heteroatoms. The monoisotopic (exact) mass is 604 g/mol. The number of fused-ring (bicyclic) bond motifs is 5. The summed E-state index contributed by atoms with van der Waals surface area (Å²) >= 11 is 0. The molecular formula is C32H31F3N6O3. The molecule has 1 aromatic carbocycles. The lowest BCUT2D eigenvalue weighted by Crippen LogP contribution is -2.54. The van der Waals surface area contributed by atoms with Crippen LogP contribution in [0.2, 0.25) is 0 Å². The first-order chi connectivity index (χ1) is 21.1. The maximum atomic E-state index is 16.1. The summed E-state index contributed by atoms with van der Waals surface area (Å²) in [5.74, 6) is -3.33. The topological polar surface area (TPSA) is 93.5 Å². The van der Waals surface area contributed by atoms with E-state index in [1.54, 1.807) is 17.2 Å². The van der Waals surface area contributed by atoms with Crippen molar-refractivity contribution < 1.29 is 22.7 Å². The summed E-state index contributed by atoms with van der Waals surface area (Å²) < 4.78 is 53.5. The van der Waals surface area contributed by atoms with E-state index in [1.165, 1.54) is 10.6 Å². The van der Waals surface area contributed by atoms with Crippen LogP contribution in [-0.4, -0.2) is 62.6 Å². The highest BCUT2D eigenvalue weighted by atomic mass is 19.1. The van der Waals surface area contributed by atoms with Gasteiger partial charge in [0.2, 0.25) is 5.91 Å². The van der Waals surface area contributed by atoms with Crippen molar-refractivity contribution in [2.45, 2.75) is 45.6 Å². The van der Waals surface area contributed by atoms with Gasteiger partial charge in [0.25, 0.3) is 0 Å². The average Bonchev–Trinajstić information content (AvgIpc) is 2.99. The van der Waals surface area contributed by atoms with Crippen LogP contribution >= 0.6 is 0 Å². The van der Waals surface area contributed by atoms with Crippen LogP contribution in [0.3, 0.4) is 0 Å². The molecule has 6 rings (SSSR count). The second-order valence-corrected chi connectivity index (χ2v) is 11.3. The first kappa shape index (κ1) is 29.3. The van der Waals surface area contributed by atoms with Crippen molar-refractivity contribution in [1.29, 1.82) is 0 Å². The molecule has 5 heterocycles. The number of nitrogens with zero attached hydrogens (tertiary/aromatic N) is 6. The molecule has 1 saturated heterocycles. The average molecular weight is 605 g/mol. The van der Waals surface area contributed by atoms with Crippen LogP contribution in [-0.2, 0) is 11.2 Å². The number of amides is 1. The van der Waals surface area contributed by atoms with Crippen LogP contribution < -0.4 is 15.3 Å². The molecule has 2 bridgehead atoms. The van der Waals surface area contributed by atoms with E-state index in [1.807, 2.05) is 25.7 Å². The first-order valence-electron chi connectivity index (χ1n) is 14.5. The van der Waals surface area contributed by atoms with Gasteiger partial charge in [0.05, 0.1) is 28.9 Å². The summed E-state index contributed by atoms with van der Waals surface area (Å²) in [6, 6.07) is 4.45. The van der Waals surface area contributed by atoms with Gasteiger partial charge in [0, 0.05) is 31.9 Å². The Labute approximate surface area is 251 Å². The van der Waals surface area contributed by atoms with Gasteiger partial charge in [-0.05, 0) is 61.6 Å². The highest BCUT2D eigenvalue weighted by molar-refractivity contribution is 5.91. The number of carbonyl (C=O) groups excluding carboxylic acids is 1. The molecule has 2 aliphatic rings. The molecule has 0 spiro atoms. The van der Waals surface area contributed by atoms with Crippen molar-refractivity contribution >= 4 is 22.8 Å². The first-order valence-corrected chi connectivity index (χ1v) is 14.5. The maximum Gasteiger partial charge on any atom is 0.355 e. The molecule has 0 aliphatic carbocycles. The van der Waals surface area contributed by atoms with Gasteiger partial charge >= 0.3 is 5.69 Å². The van der Waals surface area contributed by atoms with Crippen molar-refractivity contribution in [3.8, 4) is 22.7 Å². The Morgan fingerprint density at radius 1 is 1.11 bits per heavy atom. The quantitative estimate of drug-likeness (QED) is 0.306. The Bertz CT molecular complexity index is 1880. The zero-order valence-corrected chi connectivity index (χ0v) is 24.6. The fourth-order valence-corrected chi connectivity index (χ4v) is 6.03. The predicted molar refractivity (Wildman–Crippen MR) is 160 cm³/mol. The molecule has 228 valence electrons. The van der Waals surface area contributed by atoms with Gasteiger partial charge in [-0.25, -0.2) is 27.5 Å². The standard InChI is InChI=1S/C32H31F3N6O3/c1-5-24(42)39-12-13-40(18(4)16-39)30-20-15-23(35)27-25-21(33)8-9-22(34)29(25)44-14-6-7-19-10-11-36-26(17(2)3)28(19)41(31(20)37-27)32(43)38-30/h5,8-11,15,17-18H,1,6-7,12-14,16H2,2-4H3/t18-/m0/s1. The van der Waals surface area contributed by atoms with Crippen LogP contribution in [0.15, 0.2) is 47.9 Å². The number of halogens is 3. The number of aromatic nitrogens is 4. The number of rotatable bonds is 3. The van der Waals surface area contributed by atoms with E-state index in [9.17, 15) is 9.59 Å². The summed E-state index contributed by atoms with van der Waals surface area (Å²) in [5, 5.41) is 0.196. The van der Waals surface area contributed by atoms with E-state index in [4.69, 9.17) is 4.74 Å². The van der Waals surface area contributed by atoms with E-state index < -0.39 is 40.1 Å². The lowest BCUT2D eigenvalue weighted by Gasteiger charge is -2.40. The summed E-state index contributed by atoms with van der Waals surface area (Å²) in [6.45, 7) is 10.3. The molecule has 1 atom stereocenters. The van der Waals surface area contributed by atoms with Crippen molar-refractivity contribution in [1.82, 2.24) is 24.4 Å². The summed E-state index contributed by atoms with van der Waals surface area (Å²) in [7, 11) is 0. The summed E-state index contributed by atoms with van der Waals surface area (Å²) in [5.41, 5.74) is 0.191. The molecule has 0 N–H and O–H groups in total. The van der Waals surface area contributed by atoms with Crippen LogP contribution in [0.1, 0.15) is 44.4 Å². The van der Waals surface area contributed by atoms with Gasteiger partial charge in [0.15, 0.2) is 23.0 Å².